The van der Waals surface area contributed by atoms with Gasteiger partial charge >= 0.3 is 0 Å². The molecule has 3 aromatic carbocycles. The molecule has 0 amide bonds. The lowest BCUT2D eigenvalue weighted by Gasteiger charge is -2.11. The van der Waals surface area contributed by atoms with Gasteiger partial charge in [0.1, 0.15) is 6.07 Å². The van der Waals surface area contributed by atoms with E-state index < -0.39 is 0 Å². The van der Waals surface area contributed by atoms with Crippen LogP contribution >= 0.6 is 0 Å². The van der Waals surface area contributed by atoms with Crippen molar-refractivity contribution in [2.45, 2.75) is 26.3 Å². The van der Waals surface area contributed by atoms with Crippen LogP contribution in [-0.2, 0) is 6.54 Å². The summed E-state index contributed by atoms with van der Waals surface area (Å²) in [4.78, 5) is 9.46. The molecule has 38 heavy (non-hydrogen) atoms. The van der Waals surface area contributed by atoms with Gasteiger partial charge < -0.3 is 5.32 Å². The Bertz CT molecular complexity index is 1810. The van der Waals surface area contributed by atoms with Gasteiger partial charge in [0.2, 0.25) is 0 Å². The first-order valence-electron chi connectivity index (χ1n) is 12.7. The van der Waals surface area contributed by atoms with Crippen molar-refractivity contribution in [2.24, 2.45) is 0 Å². The van der Waals surface area contributed by atoms with Crippen molar-refractivity contribution in [2.75, 3.05) is 5.32 Å². The summed E-state index contributed by atoms with van der Waals surface area (Å²) in [6.45, 7) is 4.91. The standard InChI is InChI=1S/C32H26N6/c1-21(2)31-30-27(25-16-23-10-6-7-11-28(23)36-20-25)14-15-34-32(30)38(37-31)26-13-12-24(18-33)29(17-26)35-19-22-8-4-3-5-9-22/h3-17,20-21,35H,19H2,1-2H3. The number of hydrogen-bond donors (Lipinski definition) is 1. The predicted octanol–water partition coefficient (Wildman–Crippen LogP) is 7.24. The van der Waals surface area contributed by atoms with Gasteiger partial charge in [-0.15, -0.1) is 0 Å². The van der Waals surface area contributed by atoms with Gasteiger partial charge in [0.15, 0.2) is 5.65 Å². The molecule has 0 saturated heterocycles. The molecule has 0 radical (unpaired) electrons. The van der Waals surface area contributed by atoms with Crippen molar-refractivity contribution in [3.8, 4) is 22.9 Å². The first kappa shape index (κ1) is 23.4. The quantitative estimate of drug-likeness (QED) is 0.264. The monoisotopic (exact) mass is 494 g/mol. The second kappa shape index (κ2) is 9.79. The van der Waals surface area contributed by atoms with Gasteiger partial charge in [-0.05, 0) is 53.4 Å². The Kier molecular flexibility index (Phi) is 6.03. The zero-order chi connectivity index (χ0) is 26.1. The lowest BCUT2D eigenvalue weighted by molar-refractivity contribution is 0.776. The normalized spacial score (nSPS) is 11.2. The van der Waals surface area contributed by atoms with Crippen LogP contribution in [0.15, 0.2) is 97.3 Å². The Labute approximate surface area is 221 Å². The highest BCUT2D eigenvalue weighted by atomic mass is 15.3. The van der Waals surface area contributed by atoms with Gasteiger partial charge in [0.05, 0.1) is 33.5 Å². The van der Waals surface area contributed by atoms with E-state index in [1.807, 2.05) is 77.7 Å². The van der Waals surface area contributed by atoms with E-state index >= 15 is 0 Å². The van der Waals surface area contributed by atoms with Crippen molar-refractivity contribution in [1.29, 1.82) is 5.26 Å². The number of pyridine rings is 2. The Hall–Kier alpha value is -5.02. The molecule has 0 spiro atoms. The molecule has 0 aliphatic carbocycles. The van der Waals surface area contributed by atoms with E-state index in [0.717, 1.165) is 55.7 Å². The van der Waals surface area contributed by atoms with E-state index in [2.05, 4.69) is 49.5 Å². The van der Waals surface area contributed by atoms with Crippen LogP contribution in [0.3, 0.4) is 0 Å². The summed E-state index contributed by atoms with van der Waals surface area (Å²) in [5, 5.41) is 20.3. The third kappa shape index (κ3) is 4.25. The molecular formula is C32H26N6. The summed E-state index contributed by atoms with van der Waals surface area (Å²) in [5.41, 5.74) is 8.13. The summed E-state index contributed by atoms with van der Waals surface area (Å²) in [7, 11) is 0. The molecule has 6 heteroatoms. The number of aromatic nitrogens is 4. The third-order valence-electron chi connectivity index (χ3n) is 6.74. The molecule has 6 aromatic rings. The molecule has 0 aliphatic rings. The molecule has 0 unspecified atom stereocenters. The minimum atomic E-state index is 0.184. The van der Waals surface area contributed by atoms with Crippen LogP contribution in [0.25, 0.3) is 38.8 Å². The largest absolute Gasteiger partial charge is 0.380 e. The second-order valence-corrected chi connectivity index (χ2v) is 9.61. The van der Waals surface area contributed by atoms with Crippen LogP contribution < -0.4 is 5.32 Å². The van der Waals surface area contributed by atoms with Gasteiger partial charge in [-0.1, -0.05) is 62.4 Å². The smallest absolute Gasteiger partial charge is 0.163 e. The average Bonchev–Trinajstić information content (AvgIpc) is 3.36. The molecule has 0 bridgehead atoms. The third-order valence-corrected chi connectivity index (χ3v) is 6.74. The number of para-hydroxylation sites is 1. The van der Waals surface area contributed by atoms with Crippen LogP contribution in [0, 0.1) is 11.3 Å². The summed E-state index contributed by atoms with van der Waals surface area (Å²) in [5.74, 6) is 0.184. The minimum absolute atomic E-state index is 0.184. The van der Waals surface area contributed by atoms with Crippen LogP contribution in [0.2, 0.25) is 0 Å². The van der Waals surface area contributed by atoms with Gasteiger partial charge in [-0.3, -0.25) is 4.98 Å². The molecule has 0 atom stereocenters. The molecule has 0 aliphatic heterocycles. The number of benzene rings is 3. The number of nitrogens with zero attached hydrogens (tertiary/aromatic N) is 5. The number of rotatable bonds is 6. The average molecular weight is 495 g/mol. The van der Waals surface area contributed by atoms with Crippen LogP contribution in [0.5, 0.6) is 0 Å². The van der Waals surface area contributed by atoms with Crippen molar-refractivity contribution in [1.82, 2.24) is 19.7 Å². The van der Waals surface area contributed by atoms with Gasteiger partial charge in [0, 0.05) is 29.9 Å². The van der Waals surface area contributed by atoms with Crippen molar-refractivity contribution in [3.63, 3.8) is 0 Å². The number of anilines is 1. The molecule has 184 valence electrons. The van der Waals surface area contributed by atoms with Crippen molar-refractivity contribution in [3.05, 3.63) is 114 Å². The fourth-order valence-electron chi connectivity index (χ4n) is 4.81. The molecule has 3 heterocycles. The zero-order valence-corrected chi connectivity index (χ0v) is 21.3. The lowest BCUT2D eigenvalue weighted by atomic mass is 9.98. The Morgan fingerprint density at radius 1 is 0.921 bits per heavy atom. The topological polar surface area (TPSA) is 79.4 Å². The van der Waals surface area contributed by atoms with Gasteiger partial charge in [-0.25, -0.2) is 9.67 Å². The molecule has 6 nitrogen and oxygen atoms in total. The van der Waals surface area contributed by atoms with Crippen LogP contribution in [0.4, 0.5) is 5.69 Å². The maximum atomic E-state index is 9.73. The van der Waals surface area contributed by atoms with E-state index in [0.29, 0.717) is 12.1 Å². The molecule has 3 aromatic heterocycles. The summed E-state index contributed by atoms with van der Waals surface area (Å²) in [6, 6.07) is 30.5. The summed E-state index contributed by atoms with van der Waals surface area (Å²) >= 11 is 0. The van der Waals surface area contributed by atoms with E-state index in [9.17, 15) is 5.26 Å². The molecule has 0 saturated carbocycles. The maximum absolute atomic E-state index is 9.73. The highest BCUT2D eigenvalue weighted by molar-refractivity contribution is 5.97. The van der Waals surface area contributed by atoms with E-state index in [1.165, 1.54) is 0 Å². The molecule has 1 N–H and O–H groups in total. The van der Waals surface area contributed by atoms with Crippen LogP contribution in [0.1, 0.15) is 36.6 Å². The molecular weight excluding hydrogens is 468 g/mol. The van der Waals surface area contributed by atoms with E-state index in [-0.39, 0.29) is 5.92 Å². The minimum Gasteiger partial charge on any atom is -0.380 e. The van der Waals surface area contributed by atoms with Crippen molar-refractivity contribution < 1.29 is 0 Å². The first-order valence-corrected chi connectivity index (χ1v) is 12.7. The fraction of sp³-hybridized carbons (Fsp3) is 0.125. The fourth-order valence-corrected chi connectivity index (χ4v) is 4.81. The molecule has 6 rings (SSSR count). The SMILES string of the molecule is CC(C)c1nn(-c2ccc(C#N)c(NCc3ccccc3)c2)c2nccc(-c3cnc4ccccc4c3)c12. The van der Waals surface area contributed by atoms with E-state index in [1.54, 1.807) is 0 Å². The summed E-state index contributed by atoms with van der Waals surface area (Å²) < 4.78 is 1.89. The van der Waals surface area contributed by atoms with E-state index in [4.69, 9.17) is 15.1 Å². The number of hydrogen-bond acceptors (Lipinski definition) is 5. The number of nitrogens with one attached hydrogen (secondary N) is 1. The number of fused-ring (bicyclic) bond motifs is 2. The second-order valence-electron chi connectivity index (χ2n) is 9.61. The van der Waals surface area contributed by atoms with Crippen LogP contribution in [-0.4, -0.2) is 19.7 Å². The lowest BCUT2D eigenvalue weighted by Crippen LogP contribution is -2.04. The maximum Gasteiger partial charge on any atom is 0.163 e. The Morgan fingerprint density at radius 2 is 1.74 bits per heavy atom. The summed E-state index contributed by atoms with van der Waals surface area (Å²) in [6.07, 6.45) is 3.75. The predicted molar refractivity (Wildman–Crippen MR) is 152 cm³/mol. The van der Waals surface area contributed by atoms with Gasteiger partial charge in [0.25, 0.3) is 0 Å². The van der Waals surface area contributed by atoms with Crippen molar-refractivity contribution >= 4 is 27.6 Å². The molecule has 0 fully saturated rings. The zero-order valence-electron chi connectivity index (χ0n) is 21.3. The Morgan fingerprint density at radius 3 is 2.55 bits per heavy atom. The number of nitriles is 1. The van der Waals surface area contributed by atoms with Gasteiger partial charge in [-0.2, -0.15) is 10.4 Å². The first-order chi connectivity index (χ1) is 18.6. The highest BCUT2D eigenvalue weighted by Gasteiger charge is 2.20. The highest BCUT2D eigenvalue weighted by Crippen LogP contribution is 2.35. The Balaban J connectivity index is 1.48.